The summed E-state index contributed by atoms with van der Waals surface area (Å²) >= 11 is 3.43. The van der Waals surface area contributed by atoms with Crippen LogP contribution in [0.5, 0.6) is 5.75 Å². The molecule has 0 unspecified atom stereocenters. The summed E-state index contributed by atoms with van der Waals surface area (Å²) in [6, 6.07) is 5.89. The highest BCUT2D eigenvalue weighted by Gasteiger charge is 2.07. The number of methoxy groups -OCH3 is 2. The number of benzene rings is 1. The first-order valence-corrected chi connectivity index (χ1v) is 5.86. The van der Waals surface area contributed by atoms with Gasteiger partial charge < -0.3 is 9.47 Å². The maximum atomic E-state index is 11.0. The van der Waals surface area contributed by atoms with Gasteiger partial charge in [0.25, 0.3) is 0 Å². The number of esters is 1. The summed E-state index contributed by atoms with van der Waals surface area (Å²) < 4.78 is 10.8. The fourth-order valence-corrected chi connectivity index (χ4v) is 2.07. The zero-order chi connectivity index (χ0) is 12.0. The predicted molar refractivity (Wildman–Crippen MR) is 65.6 cm³/mol. The van der Waals surface area contributed by atoms with Crippen molar-refractivity contribution in [3.63, 3.8) is 0 Å². The number of para-hydroxylation sites is 1. The summed E-state index contributed by atoms with van der Waals surface area (Å²) in [5.41, 5.74) is 1.10. The molecule has 1 aromatic carbocycles. The second kappa shape index (κ2) is 6.53. The molecule has 0 N–H and O–H groups in total. The molecule has 0 heterocycles. The third-order valence-corrected chi connectivity index (χ3v) is 2.93. The lowest BCUT2D eigenvalue weighted by molar-refractivity contribution is -0.140. The smallest absolute Gasteiger partial charge is 0.305 e. The van der Waals surface area contributed by atoms with Gasteiger partial charge in [-0.3, -0.25) is 4.79 Å². The lowest BCUT2D eigenvalue weighted by atomic mass is 10.1. The third kappa shape index (κ3) is 3.52. The highest BCUT2D eigenvalue weighted by atomic mass is 79.9. The Balaban J connectivity index is 2.60. The monoisotopic (exact) mass is 286 g/mol. The second-order valence-electron chi connectivity index (χ2n) is 3.36. The Kier molecular flexibility index (Phi) is 5.32. The highest BCUT2D eigenvalue weighted by Crippen LogP contribution is 2.29. The minimum absolute atomic E-state index is 0.172. The molecule has 0 fully saturated rings. The van der Waals surface area contributed by atoms with Crippen molar-refractivity contribution in [3.8, 4) is 5.75 Å². The normalized spacial score (nSPS) is 9.94. The van der Waals surface area contributed by atoms with Gasteiger partial charge in [-0.05, 0) is 40.4 Å². The van der Waals surface area contributed by atoms with Crippen LogP contribution in [0.3, 0.4) is 0 Å². The first-order chi connectivity index (χ1) is 7.69. The highest BCUT2D eigenvalue weighted by molar-refractivity contribution is 9.10. The Bertz CT molecular complexity index is 363. The van der Waals surface area contributed by atoms with Crippen molar-refractivity contribution in [1.82, 2.24) is 0 Å². The molecule has 0 saturated carbocycles. The van der Waals surface area contributed by atoms with Crippen LogP contribution in [0.15, 0.2) is 22.7 Å². The zero-order valence-corrected chi connectivity index (χ0v) is 11.0. The molecule has 0 amide bonds. The van der Waals surface area contributed by atoms with Gasteiger partial charge in [0, 0.05) is 6.42 Å². The molecule has 0 bridgehead atoms. The van der Waals surface area contributed by atoms with Crippen molar-refractivity contribution >= 4 is 21.9 Å². The maximum Gasteiger partial charge on any atom is 0.305 e. The predicted octanol–water partition coefficient (Wildman–Crippen LogP) is 2.95. The molecule has 0 aliphatic rings. The van der Waals surface area contributed by atoms with E-state index in [2.05, 4.69) is 20.7 Å². The molecular weight excluding hydrogens is 272 g/mol. The van der Waals surface area contributed by atoms with Gasteiger partial charge in [0.1, 0.15) is 5.75 Å². The number of rotatable bonds is 5. The van der Waals surface area contributed by atoms with Crippen LogP contribution in [0, 0.1) is 0 Å². The topological polar surface area (TPSA) is 35.5 Å². The van der Waals surface area contributed by atoms with E-state index in [1.165, 1.54) is 7.11 Å². The van der Waals surface area contributed by atoms with Gasteiger partial charge in [-0.2, -0.15) is 0 Å². The molecule has 0 spiro atoms. The van der Waals surface area contributed by atoms with Gasteiger partial charge in [-0.1, -0.05) is 12.1 Å². The third-order valence-electron chi connectivity index (χ3n) is 2.31. The number of aryl methyl sites for hydroxylation is 1. The van der Waals surface area contributed by atoms with Crippen LogP contribution < -0.4 is 4.74 Å². The average Bonchev–Trinajstić information content (AvgIpc) is 2.29. The van der Waals surface area contributed by atoms with Crippen molar-refractivity contribution < 1.29 is 14.3 Å². The second-order valence-corrected chi connectivity index (χ2v) is 4.22. The minimum Gasteiger partial charge on any atom is -0.495 e. The Morgan fingerprint density at radius 3 is 2.75 bits per heavy atom. The van der Waals surface area contributed by atoms with E-state index in [1.54, 1.807) is 7.11 Å². The molecule has 88 valence electrons. The van der Waals surface area contributed by atoms with Gasteiger partial charge in [0.2, 0.25) is 0 Å². The van der Waals surface area contributed by atoms with Gasteiger partial charge in [0.05, 0.1) is 18.7 Å². The fraction of sp³-hybridized carbons (Fsp3) is 0.417. The van der Waals surface area contributed by atoms with Crippen LogP contribution in [-0.4, -0.2) is 20.2 Å². The Morgan fingerprint density at radius 2 is 2.12 bits per heavy atom. The molecular formula is C12H15BrO3. The first-order valence-electron chi connectivity index (χ1n) is 5.07. The zero-order valence-electron chi connectivity index (χ0n) is 9.46. The molecule has 1 rings (SSSR count). The van der Waals surface area contributed by atoms with E-state index in [0.29, 0.717) is 6.42 Å². The van der Waals surface area contributed by atoms with Crippen LogP contribution in [0.1, 0.15) is 18.4 Å². The van der Waals surface area contributed by atoms with Gasteiger partial charge in [-0.25, -0.2) is 0 Å². The van der Waals surface area contributed by atoms with Crippen LogP contribution in [0.25, 0.3) is 0 Å². The largest absolute Gasteiger partial charge is 0.495 e. The molecule has 0 radical (unpaired) electrons. The van der Waals surface area contributed by atoms with Crippen molar-refractivity contribution in [2.45, 2.75) is 19.3 Å². The number of carbonyl (C=O) groups excluding carboxylic acids is 1. The van der Waals surface area contributed by atoms with E-state index >= 15 is 0 Å². The summed E-state index contributed by atoms with van der Waals surface area (Å²) in [6.45, 7) is 0. The van der Waals surface area contributed by atoms with Crippen LogP contribution in [-0.2, 0) is 16.0 Å². The SMILES string of the molecule is COC(=O)CCCc1cccc(Br)c1OC. The molecule has 4 heteroatoms. The van der Waals surface area contributed by atoms with E-state index in [1.807, 2.05) is 18.2 Å². The van der Waals surface area contributed by atoms with Gasteiger partial charge >= 0.3 is 5.97 Å². The van der Waals surface area contributed by atoms with Crippen LogP contribution >= 0.6 is 15.9 Å². The maximum absolute atomic E-state index is 11.0. The van der Waals surface area contributed by atoms with Gasteiger partial charge in [-0.15, -0.1) is 0 Å². The number of hydrogen-bond acceptors (Lipinski definition) is 3. The number of carbonyl (C=O) groups is 1. The Labute approximate surface area is 104 Å². The number of ether oxygens (including phenoxy) is 2. The van der Waals surface area contributed by atoms with E-state index in [0.717, 1.165) is 28.6 Å². The lowest BCUT2D eigenvalue weighted by Crippen LogP contribution is -2.01. The summed E-state index contributed by atoms with van der Waals surface area (Å²) in [7, 11) is 3.05. The molecule has 0 aliphatic carbocycles. The average molecular weight is 287 g/mol. The molecule has 0 aliphatic heterocycles. The summed E-state index contributed by atoms with van der Waals surface area (Å²) in [5.74, 6) is 0.668. The van der Waals surface area contributed by atoms with E-state index in [4.69, 9.17) is 4.74 Å². The molecule has 1 aromatic rings. The molecule has 0 aromatic heterocycles. The van der Waals surface area contributed by atoms with Crippen molar-refractivity contribution in [2.75, 3.05) is 14.2 Å². The molecule has 3 nitrogen and oxygen atoms in total. The van der Waals surface area contributed by atoms with Crippen LogP contribution in [0.2, 0.25) is 0 Å². The lowest BCUT2D eigenvalue weighted by Gasteiger charge is -2.09. The first kappa shape index (κ1) is 13.0. The van der Waals surface area contributed by atoms with E-state index in [-0.39, 0.29) is 5.97 Å². The number of halogens is 1. The fourth-order valence-electron chi connectivity index (χ4n) is 1.50. The van der Waals surface area contributed by atoms with Gasteiger partial charge in [0.15, 0.2) is 0 Å². The van der Waals surface area contributed by atoms with E-state index < -0.39 is 0 Å². The minimum atomic E-state index is -0.172. The van der Waals surface area contributed by atoms with Crippen molar-refractivity contribution in [2.24, 2.45) is 0 Å². The summed E-state index contributed by atoms with van der Waals surface area (Å²) in [5, 5.41) is 0. The Hall–Kier alpha value is -1.03. The summed E-state index contributed by atoms with van der Waals surface area (Å²) in [6.07, 6.45) is 2.00. The molecule has 16 heavy (non-hydrogen) atoms. The Morgan fingerprint density at radius 1 is 1.38 bits per heavy atom. The standard InChI is InChI=1S/C12H15BrO3/c1-15-11(14)8-4-6-9-5-3-7-10(13)12(9)16-2/h3,5,7H,4,6,8H2,1-2H3. The molecule has 0 atom stereocenters. The quantitative estimate of drug-likeness (QED) is 0.781. The number of hydrogen-bond donors (Lipinski definition) is 0. The summed E-state index contributed by atoms with van der Waals surface area (Å²) in [4.78, 5) is 11.0. The molecule has 0 saturated heterocycles. The van der Waals surface area contributed by atoms with Crippen LogP contribution in [0.4, 0.5) is 0 Å². The van der Waals surface area contributed by atoms with E-state index in [9.17, 15) is 4.79 Å². The van der Waals surface area contributed by atoms with Crippen molar-refractivity contribution in [3.05, 3.63) is 28.2 Å². The van der Waals surface area contributed by atoms with Crippen molar-refractivity contribution in [1.29, 1.82) is 0 Å².